The average molecular weight is 207 g/mol. The van der Waals surface area contributed by atoms with Crippen molar-refractivity contribution in [2.75, 3.05) is 7.05 Å². The van der Waals surface area contributed by atoms with Crippen LogP contribution in [0.5, 0.6) is 0 Å². The summed E-state index contributed by atoms with van der Waals surface area (Å²) in [6, 6.07) is 10.1. The van der Waals surface area contributed by atoms with E-state index in [9.17, 15) is 4.91 Å². The molecule has 15 heavy (non-hydrogen) atoms. The summed E-state index contributed by atoms with van der Waals surface area (Å²) in [6.07, 6.45) is -0.381. The molecule has 0 fully saturated rings. The van der Waals surface area contributed by atoms with Crippen molar-refractivity contribution in [2.45, 2.75) is 25.7 Å². The first kappa shape index (κ1) is 11.8. The molecule has 82 valence electrons. The second kappa shape index (κ2) is 6.27. The molecule has 4 nitrogen and oxygen atoms in total. The summed E-state index contributed by atoms with van der Waals surface area (Å²) in [4.78, 5) is 10.4. The number of likely N-dealkylation sites (N-methyl/N-ethyl adjacent to an activating group) is 1. The monoisotopic (exact) mass is 207 g/mol. The molecule has 2 unspecified atom stereocenters. The Morgan fingerprint density at radius 2 is 2.00 bits per heavy atom. The van der Waals surface area contributed by atoms with Crippen molar-refractivity contribution in [3.63, 3.8) is 0 Å². The van der Waals surface area contributed by atoms with E-state index in [0.29, 0.717) is 0 Å². The molecule has 2 atom stereocenters. The van der Waals surface area contributed by atoms with Crippen molar-refractivity contribution in [3.8, 4) is 0 Å². The molecule has 0 saturated heterocycles. The highest BCUT2D eigenvalue weighted by molar-refractivity contribution is 5.14. The Morgan fingerprint density at radius 3 is 2.53 bits per heavy atom. The van der Waals surface area contributed by atoms with Gasteiger partial charge in [-0.1, -0.05) is 30.3 Å². The minimum atomic E-state index is -0.381. The molecule has 0 aliphatic carbocycles. The lowest BCUT2D eigenvalue weighted by molar-refractivity contribution is 0.416. The zero-order chi connectivity index (χ0) is 11.1. The minimum Gasteiger partial charge on any atom is -0.307 e. The predicted molar refractivity (Wildman–Crippen MR) is 61.4 cm³/mol. The predicted octanol–water partition coefficient (Wildman–Crippen LogP) is 1.48. The molecule has 0 aliphatic heterocycles. The molecule has 0 radical (unpaired) electrons. The van der Waals surface area contributed by atoms with E-state index < -0.39 is 0 Å². The lowest BCUT2D eigenvalue weighted by atomic mass is 10.2. The van der Waals surface area contributed by atoms with E-state index in [1.54, 1.807) is 7.05 Å². The summed E-state index contributed by atoms with van der Waals surface area (Å²) >= 11 is 0. The van der Waals surface area contributed by atoms with Gasteiger partial charge in [-0.2, -0.15) is 0 Å². The quantitative estimate of drug-likeness (QED) is 0.695. The second-order valence-electron chi connectivity index (χ2n) is 3.49. The Balaban J connectivity index is 2.40. The highest BCUT2D eigenvalue weighted by Gasteiger charge is 2.14. The maximum Gasteiger partial charge on any atom is 0.157 e. The lowest BCUT2D eigenvalue weighted by Crippen LogP contribution is -2.42. The third kappa shape index (κ3) is 3.77. The van der Waals surface area contributed by atoms with E-state index in [-0.39, 0.29) is 12.2 Å². The van der Waals surface area contributed by atoms with Crippen molar-refractivity contribution in [1.82, 2.24) is 10.6 Å². The van der Waals surface area contributed by atoms with Gasteiger partial charge < -0.3 is 5.32 Å². The van der Waals surface area contributed by atoms with E-state index in [1.807, 2.05) is 37.3 Å². The zero-order valence-corrected chi connectivity index (χ0v) is 9.10. The SMILES string of the molecule is CNC(N=O)C(C)NCc1ccccc1. The molecule has 0 aliphatic rings. The van der Waals surface area contributed by atoms with Crippen molar-refractivity contribution in [2.24, 2.45) is 5.18 Å². The number of rotatable bonds is 6. The van der Waals surface area contributed by atoms with Gasteiger partial charge in [-0.05, 0) is 24.7 Å². The summed E-state index contributed by atoms with van der Waals surface area (Å²) < 4.78 is 0. The van der Waals surface area contributed by atoms with Gasteiger partial charge in [0.15, 0.2) is 6.17 Å². The van der Waals surface area contributed by atoms with Gasteiger partial charge in [0, 0.05) is 12.6 Å². The summed E-state index contributed by atoms with van der Waals surface area (Å²) in [7, 11) is 1.73. The Kier molecular flexibility index (Phi) is 4.93. The summed E-state index contributed by atoms with van der Waals surface area (Å²) in [6.45, 7) is 2.68. The van der Waals surface area contributed by atoms with E-state index in [2.05, 4.69) is 15.8 Å². The van der Waals surface area contributed by atoms with Gasteiger partial charge in [0.05, 0.1) is 0 Å². The number of nitroso groups, excluding NO2 is 1. The molecule has 0 bridgehead atoms. The molecule has 1 aromatic carbocycles. The van der Waals surface area contributed by atoms with Crippen molar-refractivity contribution in [3.05, 3.63) is 40.8 Å². The Labute approximate surface area is 90.1 Å². The van der Waals surface area contributed by atoms with Crippen LogP contribution in [0.1, 0.15) is 12.5 Å². The molecule has 1 rings (SSSR count). The van der Waals surface area contributed by atoms with Crippen LogP contribution < -0.4 is 10.6 Å². The number of nitrogens with zero attached hydrogens (tertiary/aromatic N) is 1. The normalized spacial score (nSPS) is 14.5. The molecular weight excluding hydrogens is 190 g/mol. The van der Waals surface area contributed by atoms with Gasteiger partial charge in [0.25, 0.3) is 0 Å². The molecule has 2 N–H and O–H groups in total. The van der Waals surface area contributed by atoms with E-state index in [4.69, 9.17) is 0 Å². The molecule has 0 heterocycles. The maximum absolute atomic E-state index is 10.4. The lowest BCUT2D eigenvalue weighted by Gasteiger charge is -2.18. The molecule has 0 amide bonds. The smallest absolute Gasteiger partial charge is 0.157 e. The molecular formula is C11H17N3O. The van der Waals surface area contributed by atoms with Gasteiger partial charge in [-0.15, -0.1) is 4.91 Å². The third-order valence-electron chi connectivity index (χ3n) is 2.35. The third-order valence-corrected chi connectivity index (χ3v) is 2.35. The van der Waals surface area contributed by atoms with Crippen molar-refractivity contribution in [1.29, 1.82) is 0 Å². The molecule has 0 aromatic heterocycles. The second-order valence-corrected chi connectivity index (χ2v) is 3.49. The highest BCUT2D eigenvalue weighted by atomic mass is 16.3. The van der Waals surface area contributed by atoms with Crippen LogP contribution in [0.3, 0.4) is 0 Å². The van der Waals surface area contributed by atoms with Gasteiger partial charge in [0.1, 0.15) is 0 Å². The number of benzene rings is 1. The van der Waals surface area contributed by atoms with Gasteiger partial charge in [0.2, 0.25) is 0 Å². The van der Waals surface area contributed by atoms with Crippen LogP contribution in [-0.2, 0) is 6.54 Å². The zero-order valence-electron chi connectivity index (χ0n) is 9.10. The van der Waals surface area contributed by atoms with Crippen LogP contribution in [0.4, 0.5) is 0 Å². The van der Waals surface area contributed by atoms with Crippen LogP contribution in [0.25, 0.3) is 0 Å². The molecule has 0 saturated carbocycles. The fraction of sp³-hybridized carbons (Fsp3) is 0.455. The Morgan fingerprint density at radius 1 is 1.33 bits per heavy atom. The fourth-order valence-corrected chi connectivity index (χ4v) is 1.38. The van der Waals surface area contributed by atoms with E-state index >= 15 is 0 Å². The molecule has 4 heteroatoms. The highest BCUT2D eigenvalue weighted by Crippen LogP contribution is 2.00. The van der Waals surface area contributed by atoms with Crippen molar-refractivity contribution >= 4 is 0 Å². The average Bonchev–Trinajstić information content (AvgIpc) is 2.29. The molecule has 0 spiro atoms. The van der Waals surface area contributed by atoms with E-state index in [1.165, 1.54) is 5.56 Å². The minimum absolute atomic E-state index is 0.0210. The van der Waals surface area contributed by atoms with Gasteiger partial charge in [-0.3, -0.25) is 5.32 Å². The van der Waals surface area contributed by atoms with Crippen LogP contribution in [-0.4, -0.2) is 19.3 Å². The van der Waals surface area contributed by atoms with Crippen LogP contribution >= 0.6 is 0 Å². The largest absolute Gasteiger partial charge is 0.307 e. The van der Waals surface area contributed by atoms with Gasteiger partial charge >= 0.3 is 0 Å². The first-order valence-corrected chi connectivity index (χ1v) is 5.05. The summed E-state index contributed by atoms with van der Waals surface area (Å²) in [5, 5.41) is 9.09. The first-order chi connectivity index (χ1) is 7.27. The van der Waals surface area contributed by atoms with Crippen molar-refractivity contribution < 1.29 is 0 Å². The fourth-order valence-electron chi connectivity index (χ4n) is 1.38. The topological polar surface area (TPSA) is 53.5 Å². The Hall–Kier alpha value is -1.26. The summed E-state index contributed by atoms with van der Waals surface area (Å²) in [5.74, 6) is 0. The Bertz CT molecular complexity index is 289. The van der Waals surface area contributed by atoms with E-state index in [0.717, 1.165) is 6.54 Å². The van der Waals surface area contributed by atoms with Crippen LogP contribution in [0, 0.1) is 4.91 Å². The summed E-state index contributed by atoms with van der Waals surface area (Å²) in [5.41, 5.74) is 1.20. The molecule has 1 aromatic rings. The first-order valence-electron chi connectivity index (χ1n) is 5.05. The van der Waals surface area contributed by atoms with Crippen LogP contribution in [0.15, 0.2) is 35.5 Å². The standard InChI is InChI=1S/C11H17N3O/c1-9(11(12-2)14-15)13-8-10-6-4-3-5-7-10/h3-7,9,11-13H,8H2,1-2H3. The number of hydrogen-bond donors (Lipinski definition) is 2. The van der Waals surface area contributed by atoms with Crippen LogP contribution in [0.2, 0.25) is 0 Å². The maximum atomic E-state index is 10.4. The van der Waals surface area contributed by atoms with Gasteiger partial charge in [-0.25, -0.2) is 0 Å². The number of nitrogens with one attached hydrogen (secondary N) is 2. The number of hydrogen-bond acceptors (Lipinski definition) is 4.